The maximum atomic E-state index is 12.5. The van der Waals surface area contributed by atoms with E-state index in [1.165, 1.54) is 0 Å². The highest BCUT2D eigenvalue weighted by Gasteiger charge is 2.25. The number of aromatic nitrogens is 2. The van der Waals surface area contributed by atoms with Crippen molar-refractivity contribution in [3.63, 3.8) is 0 Å². The molecule has 21 heavy (non-hydrogen) atoms. The molecule has 0 bridgehead atoms. The molecular weight excluding hydrogens is 270 g/mol. The Morgan fingerprint density at radius 2 is 2.29 bits per heavy atom. The topological polar surface area (TPSA) is 75.4 Å². The maximum Gasteiger partial charge on any atom is 0.303 e. The van der Waals surface area contributed by atoms with Crippen molar-refractivity contribution in [2.45, 2.75) is 45.6 Å². The Bertz CT molecular complexity index is 498. The van der Waals surface area contributed by atoms with E-state index in [1.54, 1.807) is 17.1 Å². The number of piperidine rings is 1. The molecule has 6 heteroatoms. The predicted octanol–water partition coefficient (Wildman–Crippen LogP) is 2.01. The second kappa shape index (κ2) is 7.24. The first-order chi connectivity index (χ1) is 10.1. The van der Waals surface area contributed by atoms with Crippen LogP contribution in [0, 0.1) is 5.92 Å². The molecule has 1 unspecified atom stereocenters. The van der Waals surface area contributed by atoms with Crippen LogP contribution in [0.1, 0.15) is 49.4 Å². The van der Waals surface area contributed by atoms with Crippen molar-refractivity contribution in [3.8, 4) is 0 Å². The molecule has 0 aliphatic carbocycles. The van der Waals surface area contributed by atoms with Crippen molar-refractivity contribution >= 4 is 11.9 Å². The number of amides is 1. The van der Waals surface area contributed by atoms with Gasteiger partial charge in [0.15, 0.2) is 0 Å². The van der Waals surface area contributed by atoms with Crippen LogP contribution >= 0.6 is 0 Å². The molecule has 0 radical (unpaired) electrons. The molecule has 1 fully saturated rings. The van der Waals surface area contributed by atoms with Gasteiger partial charge in [-0.2, -0.15) is 5.10 Å². The molecule has 1 amide bonds. The van der Waals surface area contributed by atoms with Gasteiger partial charge in [0.05, 0.1) is 11.8 Å². The zero-order valence-electron chi connectivity index (χ0n) is 12.5. The summed E-state index contributed by atoms with van der Waals surface area (Å²) >= 11 is 0. The molecule has 1 aromatic heterocycles. The van der Waals surface area contributed by atoms with Crippen LogP contribution in [0.3, 0.4) is 0 Å². The van der Waals surface area contributed by atoms with Gasteiger partial charge in [-0.05, 0) is 31.6 Å². The first-order valence-corrected chi connectivity index (χ1v) is 7.63. The van der Waals surface area contributed by atoms with Gasteiger partial charge in [0.1, 0.15) is 0 Å². The van der Waals surface area contributed by atoms with Crippen molar-refractivity contribution in [2.75, 3.05) is 13.1 Å². The van der Waals surface area contributed by atoms with Crippen LogP contribution in [0.15, 0.2) is 12.4 Å². The van der Waals surface area contributed by atoms with Gasteiger partial charge >= 0.3 is 5.97 Å². The Morgan fingerprint density at radius 1 is 1.48 bits per heavy atom. The zero-order chi connectivity index (χ0) is 15.2. The molecule has 1 aliphatic heterocycles. The Morgan fingerprint density at radius 3 is 3.00 bits per heavy atom. The number of aryl methyl sites for hydroxylation is 1. The number of carboxylic acid groups (broad SMARTS) is 1. The average molecular weight is 293 g/mol. The molecule has 116 valence electrons. The quantitative estimate of drug-likeness (QED) is 0.870. The third-order valence-corrected chi connectivity index (χ3v) is 3.91. The minimum Gasteiger partial charge on any atom is -0.481 e. The molecule has 0 aromatic carbocycles. The zero-order valence-corrected chi connectivity index (χ0v) is 12.5. The number of carbonyl (C=O) groups excluding carboxylic acids is 1. The standard InChI is InChI=1S/C15H23N3O3/c1-2-7-18-11-13(9-16-18)15(21)17-8-3-4-12(10-17)5-6-14(19)20/h9,11-12H,2-8,10H2,1H3,(H,19,20). The van der Waals surface area contributed by atoms with Gasteiger partial charge in [0.25, 0.3) is 5.91 Å². The largest absolute Gasteiger partial charge is 0.481 e. The summed E-state index contributed by atoms with van der Waals surface area (Å²) in [5.41, 5.74) is 0.627. The van der Waals surface area contributed by atoms with E-state index >= 15 is 0 Å². The van der Waals surface area contributed by atoms with E-state index < -0.39 is 5.97 Å². The fourth-order valence-corrected chi connectivity index (χ4v) is 2.82. The van der Waals surface area contributed by atoms with Crippen LogP contribution in [0.25, 0.3) is 0 Å². The number of aliphatic carboxylic acids is 1. The number of hydrogen-bond acceptors (Lipinski definition) is 3. The lowest BCUT2D eigenvalue weighted by Crippen LogP contribution is -2.40. The van der Waals surface area contributed by atoms with Gasteiger partial charge in [0, 0.05) is 32.3 Å². The second-order valence-corrected chi connectivity index (χ2v) is 5.68. The van der Waals surface area contributed by atoms with E-state index in [9.17, 15) is 9.59 Å². The fraction of sp³-hybridized carbons (Fsp3) is 0.667. The van der Waals surface area contributed by atoms with Gasteiger partial charge < -0.3 is 10.0 Å². The summed E-state index contributed by atoms with van der Waals surface area (Å²) in [6.07, 6.45) is 7.18. The van der Waals surface area contributed by atoms with Gasteiger partial charge in [0.2, 0.25) is 0 Å². The summed E-state index contributed by atoms with van der Waals surface area (Å²) in [6.45, 7) is 4.29. The van der Waals surface area contributed by atoms with E-state index in [0.717, 1.165) is 32.4 Å². The number of carboxylic acids is 1. The van der Waals surface area contributed by atoms with E-state index in [1.807, 2.05) is 4.90 Å². The van der Waals surface area contributed by atoms with Gasteiger partial charge in [-0.25, -0.2) is 0 Å². The minimum absolute atomic E-state index is 0.0115. The number of likely N-dealkylation sites (tertiary alicyclic amines) is 1. The molecule has 1 N–H and O–H groups in total. The summed E-state index contributed by atoms with van der Waals surface area (Å²) in [5.74, 6) is -0.457. The van der Waals surface area contributed by atoms with Gasteiger partial charge in [-0.1, -0.05) is 6.92 Å². The summed E-state index contributed by atoms with van der Waals surface area (Å²) in [5, 5.41) is 13.0. The Hall–Kier alpha value is -1.85. The summed E-state index contributed by atoms with van der Waals surface area (Å²) in [6, 6.07) is 0. The summed E-state index contributed by atoms with van der Waals surface area (Å²) < 4.78 is 1.79. The molecule has 6 nitrogen and oxygen atoms in total. The first-order valence-electron chi connectivity index (χ1n) is 7.63. The smallest absolute Gasteiger partial charge is 0.303 e. The van der Waals surface area contributed by atoms with Crippen LogP contribution < -0.4 is 0 Å². The number of nitrogens with zero attached hydrogens (tertiary/aromatic N) is 3. The highest BCUT2D eigenvalue weighted by molar-refractivity contribution is 5.93. The third-order valence-electron chi connectivity index (χ3n) is 3.91. The third kappa shape index (κ3) is 4.31. The van der Waals surface area contributed by atoms with E-state index in [4.69, 9.17) is 5.11 Å². The van der Waals surface area contributed by atoms with Crippen LogP contribution in [0.4, 0.5) is 0 Å². The highest BCUT2D eigenvalue weighted by Crippen LogP contribution is 2.22. The minimum atomic E-state index is -0.765. The van der Waals surface area contributed by atoms with Gasteiger partial charge in [-0.3, -0.25) is 14.3 Å². The monoisotopic (exact) mass is 293 g/mol. The maximum absolute atomic E-state index is 12.5. The Labute approximate surface area is 124 Å². The van der Waals surface area contributed by atoms with Crippen LogP contribution in [-0.2, 0) is 11.3 Å². The van der Waals surface area contributed by atoms with E-state index in [-0.39, 0.29) is 12.3 Å². The molecule has 1 saturated heterocycles. The molecule has 2 heterocycles. The van der Waals surface area contributed by atoms with E-state index in [0.29, 0.717) is 24.4 Å². The highest BCUT2D eigenvalue weighted by atomic mass is 16.4. The number of rotatable bonds is 6. The van der Waals surface area contributed by atoms with Crippen LogP contribution in [-0.4, -0.2) is 44.8 Å². The summed E-state index contributed by atoms with van der Waals surface area (Å²) in [7, 11) is 0. The molecule has 2 rings (SSSR count). The molecular formula is C15H23N3O3. The lowest BCUT2D eigenvalue weighted by Gasteiger charge is -2.32. The lowest BCUT2D eigenvalue weighted by molar-refractivity contribution is -0.137. The molecule has 0 spiro atoms. The average Bonchev–Trinajstić information content (AvgIpc) is 2.94. The van der Waals surface area contributed by atoms with Crippen molar-refractivity contribution in [2.24, 2.45) is 5.92 Å². The van der Waals surface area contributed by atoms with Crippen molar-refractivity contribution in [1.82, 2.24) is 14.7 Å². The summed E-state index contributed by atoms with van der Waals surface area (Å²) in [4.78, 5) is 24.9. The number of carbonyl (C=O) groups is 2. The normalized spacial score (nSPS) is 18.7. The van der Waals surface area contributed by atoms with Crippen molar-refractivity contribution < 1.29 is 14.7 Å². The van der Waals surface area contributed by atoms with Gasteiger partial charge in [-0.15, -0.1) is 0 Å². The van der Waals surface area contributed by atoms with Crippen molar-refractivity contribution in [3.05, 3.63) is 18.0 Å². The predicted molar refractivity (Wildman–Crippen MR) is 78.0 cm³/mol. The molecule has 1 aromatic rings. The SMILES string of the molecule is CCCn1cc(C(=O)N2CCCC(CCC(=O)O)C2)cn1. The second-order valence-electron chi connectivity index (χ2n) is 5.68. The Balaban J connectivity index is 1.93. The molecule has 1 atom stereocenters. The number of hydrogen-bond donors (Lipinski definition) is 1. The van der Waals surface area contributed by atoms with Crippen LogP contribution in [0.5, 0.6) is 0 Å². The lowest BCUT2D eigenvalue weighted by atomic mass is 9.93. The van der Waals surface area contributed by atoms with Crippen molar-refractivity contribution in [1.29, 1.82) is 0 Å². The molecule has 0 saturated carbocycles. The fourth-order valence-electron chi connectivity index (χ4n) is 2.82. The Kier molecular flexibility index (Phi) is 5.36. The van der Waals surface area contributed by atoms with E-state index in [2.05, 4.69) is 12.0 Å². The molecule has 1 aliphatic rings. The first kappa shape index (κ1) is 15.5. The van der Waals surface area contributed by atoms with Crippen LogP contribution in [0.2, 0.25) is 0 Å².